The van der Waals surface area contributed by atoms with Gasteiger partial charge < -0.3 is 5.32 Å². The number of nitrogens with one attached hydrogen (secondary N) is 1. The predicted molar refractivity (Wildman–Crippen MR) is 94.7 cm³/mol. The van der Waals surface area contributed by atoms with E-state index in [-0.39, 0.29) is 20.6 Å². The molecule has 0 bridgehead atoms. The first kappa shape index (κ1) is 19.4. The summed E-state index contributed by atoms with van der Waals surface area (Å²) in [7, 11) is -3.59. The lowest BCUT2D eigenvalue weighted by molar-refractivity contribution is -0.384. The first-order valence-corrected chi connectivity index (χ1v) is 9.55. The van der Waals surface area contributed by atoms with E-state index >= 15 is 0 Å². The van der Waals surface area contributed by atoms with E-state index in [0.29, 0.717) is 5.56 Å². The molecule has 0 spiro atoms. The number of nitrogens with zero attached hydrogens (tertiary/aromatic N) is 1. The van der Waals surface area contributed by atoms with Crippen molar-refractivity contribution in [2.75, 3.05) is 11.6 Å². The topological polar surface area (TPSA) is 89.3 Å². The zero-order valence-electron chi connectivity index (χ0n) is 13.1. The average Bonchev–Trinajstić information content (AvgIpc) is 2.49. The van der Waals surface area contributed by atoms with Crippen LogP contribution in [0.3, 0.4) is 0 Å². The second-order valence-electron chi connectivity index (χ2n) is 5.36. The van der Waals surface area contributed by atoms with Crippen LogP contribution in [0.5, 0.6) is 0 Å². The summed E-state index contributed by atoms with van der Waals surface area (Å²) in [5.41, 5.74) is 0.0155. The van der Waals surface area contributed by atoms with Gasteiger partial charge in [0.05, 0.1) is 20.9 Å². The van der Waals surface area contributed by atoms with E-state index < -0.39 is 32.3 Å². The first-order valence-electron chi connectivity index (χ1n) is 6.90. The van der Waals surface area contributed by atoms with Crippen LogP contribution in [0.2, 0.25) is 10.0 Å². The van der Waals surface area contributed by atoms with E-state index in [2.05, 4.69) is 5.32 Å². The molecule has 0 heterocycles. The highest BCUT2D eigenvalue weighted by atomic mass is 35.5. The van der Waals surface area contributed by atoms with Gasteiger partial charge in [0.15, 0.2) is 9.84 Å². The summed E-state index contributed by atoms with van der Waals surface area (Å²) >= 11 is 11.7. The molecule has 0 aliphatic carbocycles. The van der Waals surface area contributed by atoms with Crippen LogP contribution in [0, 0.1) is 15.9 Å². The summed E-state index contributed by atoms with van der Waals surface area (Å²) in [4.78, 5) is 10.4. The molecule has 10 heteroatoms. The predicted octanol–water partition coefficient (Wildman–Crippen LogP) is 4.62. The molecule has 1 N–H and O–H groups in total. The number of sulfone groups is 1. The van der Waals surface area contributed by atoms with Gasteiger partial charge in [-0.1, -0.05) is 23.2 Å². The lowest BCUT2D eigenvalue weighted by atomic mass is 10.1. The van der Waals surface area contributed by atoms with E-state index in [4.69, 9.17) is 23.2 Å². The molecule has 0 amide bonds. The van der Waals surface area contributed by atoms with Crippen molar-refractivity contribution in [1.29, 1.82) is 0 Å². The van der Waals surface area contributed by atoms with Crippen molar-refractivity contribution >= 4 is 44.4 Å². The Kier molecular flexibility index (Phi) is 5.55. The van der Waals surface area contributed by atoms with Crippen LogP contribution >= 0.6 is 23.2 Å². The van der Waals surface area contributed by atoms with Crippen molar-refractivity contribution in [2.45, 2.75) is 17.9 Å². The molecule has 2 rings (SSSR count). The van der Waals surface area contributed by atoms with E-state index in [1.807, 2.05) is 0 Å². The fourth-order valence-corrected chi connectivity index (χ4v) is 3.38. The number of rotatable bonds is 5. The molecule has 0 saturated carbocycles. The van der Waals surface area contributed by atoms with Gasteiger partial charge in [0.1, 0.15) is 11.5 Å². The van der Waals surface area contributed by atoms with E-state index in [0.717, 1.165) is 18.4 Å². The van der Waals surface area contributed by atoms with Crippen molar-refractivity contribution < 1.29 is 17.7 Å². The molecule has 25 heavy (non-hydrogen) atoms. The van der Waals surface area contributed by atoms with Crippen molar-refractivity contribution in [3.63, 3.8) is 0 Å². The third-order valence-corrected chi connectivity index (χ3v) is 5.20. The lowest BCUT2D eigenvalue weighted by Gasteiger charge is -2.18. The van der Waals surface area contributed by atoms with E-state index in [1.54, 1.807) is 6.92 Å². The first-order chi connectivity index (χ1) is 11.5. The second kappa shape index (κ2) is 7.15. The molecule has 0 saturated heterocycles. The number of hydrogen-bond donors (Lipinski definition) is 1. The maximum Gasteiger partial charge on any atom is 0.293 e. The number of halogens is 3. The second-order valence-corrected chi connectivity index (χ2v) is 8.19. The Morgan fingerprint density at radius 3 is 2.40 bits per heavy atom. The number of anilines is 1. The highest BCUT2D eigenvalue weighted by molar-refractivity contribution is 7.90. The molecule has 2 aromatic carbocycles. The number of benzene rings is 2. The molecule has 0 aliphatic rings. The molecule has 0 unspecified atom stereocenters. The van der Waals surface area contributed by atoms with Crippen LogP contribution in [0.15, 0.2) is 35.2 Å². The van der Waals surface area contributed by atoms with E-state index in [9.17, 15) is 22.9 Å². The summed E-state index contributed by atoms with van der Waals surface area (Å²) in [6.07, 6.45) is 0.956. The maximum absolute atomic E-state index is 13.7. The Bertz CT molecular complexity index is 951. The minimum Gasteiger partial charge on any atom is -0.373 e. The molecule has 6 nitrogen and oxygen atoms in total. The summed E-state index contributed by atoms with van der Waals surface area (Å²) in [5, 5.41) is 14.2. The Labute approximate surface area is 153 Å². The van der Waals surface area contributed by atoms with Gasteiger partial charge >= 0.3 is 0 Å². The smallest absolute Gasteiger partial charge is 0.293 e. The van der Waals surface area contributed by atoms with Gasteiger partial charge in [-0.3, -0.25) is 10.1 Å². The minimum absolute atomic E-state index is 0.0799. The molecule has 0 fully saturated rings. The van der Waals surface area contributed by atoms with Gasteiger partial charge in [-0.25, -0.2) is 12.8 Å². The average molecular weight is 407 g/mol. The largest absolute Gasteiger partial charge is 0.373 e. The zero-order chi connectivity index (χ0) is 18.9. The third kappa shape index (κ3) is 4.39. The fourth-order valence-electron chi connectivity index (χ4n) is 2.20. The maximum atomic E-state index is 13.7. The van der Waals surface area contributed by atoms with Gasteiger partial charge in [-0.2, -0.15) is 0 Å². The van der Waals surface area contributed by atoms with Gasteiger partial charge in [0, 0.05) is 17.3 Å². The van der Waals surface area contributed by atoms with Crippen LogP contribution in [0.4, 0.5) is 15.8 Å². The molecule has 0 aliphatic heterocycles. The Morgan fingerprint density at radius 1 is 1.20 bits per heavy atom. The molecular weight excluding hydrogens is 394 g/mol. The number of nitro benzene ring substituents is 1. The van der Waals surface area contributed by atoms with Crippen molar-refractivity contribution in [3.05, 3.63) is 61.9 Å². The van der Waals surface area contributed by atoms with Gasteiger partial charge in [0.25, 0.3) is 5.69 Å². The molecule has 134 valence electrons. The third-order valence-electron chi connectivity index (χ3n) is 3.47. The Morgan fingerprint density at radius 2 is 1.84 bits per heavy atom. The van der Waals surface area contributed by atoms with Crippen molar-refractivity contribution in [1.82, 2.24) is 0 Å². The SMILES string of the molecule is C[C@@H](Nc1ccc(S(C)(=O)=O)cc1[N+](=O)[O-])c1cc(F)c(Cl)cc1Cl. The molecular formula is C15H13Cl2FN2O4S. The standard InChI is InChI=1S/C15H13Cl2FN2O4S/c1-8(10-6-13(18)12(17)7-11(10)16)19-14-4-3-9(25(2,23)24)5-15(14)20(21)22/h3-8,19H,1-2H3/t8-/m1/s1. The number of hydrogen-bond acceptors (Lipinski definition) is 5. The van der Waals surface area contributed by atoms with Crippen LogP contribution < -0.4 is 5.32 Å². The van der Waals surface area contributed by atoms with Gasteiger partial charge in [0.2, 0.25) is 0 Å². The Balaban J connectivity index is 2.43. The molecule has 1 atom stereocenters. The minimum atomic E-state index is -3.59. The lowest BCUT2D eigenvalue weighted by Crippen LogP contribution is -2.10. The van der Waals surface area contributed by atoms with Crippen LogP contribution in [0.1, 0.15) is 18.5 Å². The van der Waals surface area contributed by atoms with Crippen molar-refractivity contribution in [2.24, 2.45) is 0 Å². The molecule has 2 aromatic rings. The van der Waals surface area contributed by atoms with Crippen LogP contribution in [-0.4, -0.2) is 19.6 Å². The summed E-state index contributed by atoms with van der Waals surface area (Å²) in [5.74, 6) is -0.670. The molecule has 0 radical (unpaired) electrons. The number of nitro groups is 1. The quantitative estimate of drug-likeness (QED) is 0.444. The summed E-state index contributed by atoms with van der Waals surface area (Å²) in [6, 6.07) is 5.29. The highest BCUT2D eigenvalue weighted by Crippen LogP contribution is 2.34. The Hall–Kier alpha value is -1.90. The monoisotopic (exact) mass is 406 g/mol. The summed E-state index contributed by atoms with van der Waals surface area (Å²) in [6.45, 7) is 1.63. The molecule has 0 aromatic heterocycles. The van der Waals surface area contributed by atoms with E-state index in [1.165, 1.54) is 18.2 Å². The summed E-state index contributed by atoms with van der Waals surface area (Å²) < 4.78 is 36.8. The van der Waals surface area contributed by atoms with Gasteiger partial charge in [-0.05, 0) is 36.8 Å². The normalized spacial score (nSPS) is 12.7. The fraction of sp³-hybridized carbons (Fsp3) is 0.200. The highest BCUT2D eigenvalue weighted by Gasteiger charge is 2.21. The van der Waals surface area contributed by atoms with Gasteiger partial charge in [-0.15, -0.1) is 0 Å². The van der Waals surface area contributed by atoms with Crippen LogP contribution in [0.25, 0.3) is 0 Å². The zero-order valence-corrected chi connectivity index (χ0v) is 15.4. The van der Waals surface area contributed by atoms with Crippen LogP contribution in [-0.2, 0) is 9.84 Å². The van der Waals surface area contributed by atoms with Crippen molar-refractivity contribution in [3.8, 4) is 0 Å².